The van der Waals surface area contributed by atoms with E-state index in [1.165, 1.54) is 0 Å². The standard InChI is InChI=1S/C15H12Cl2N2O/c16-12-4-5-14(17)15(9-12)19-10-11-2-1-3-13(8-11)20-7-6-18/h1-5,8-9,19H,7,10H2. The van der Waals surface area contributed by atoms with E-state index >= 15 is 0 Å². The van der Waals surface area contributed by atoms with Gasteiger partial charge in [0.05, 0.1) is 10.7 Å². The van der Waals surface area contributed by atoms with Gasteiger partial charge in [0, 0.05) is 11.6 Å². The van der Waals surface area contributed by atoms with Crippen LogP contribution in [0.3, 0.4) is 0 Å². The summed E-state index contributed by atoms with van der Waals surface area (Å²) < 4.78 is 5.25. The number of anilines is 1. The summed E-state index contributed by atoms with van der Waals surface area (Å²) in [7, 11) is 0. The molecule has 0 saturated carbocycles. The van der Waals surface area contributed by atoms with Crippen molar-refractivity contribution in [1.82, 2.24) is 0 Å². The quantitative estimate of drug-likeness (QED) is 0.884. The van der Waals surface area contributed by atoms with E-state index in [-0.39, 0.29) is 6.61 Å². The molecule has 0 aliphatic carbocycles. The average molecular weight is 307 g/mol. The normalized spacial score (nSPS) is 9.85. The Hall–Kier alpha value is -1.89. The van der Waals surface area contributed by atoms with Crippen molar-refractivity contribution in [2.75, 3.05) is 11.9 Å². The molecule has 5 heteroatoms. The summed E-state index contributed by atoms with van der Waals surface area (Å²) in [5.74, 6) is 0.669. The highest BCUT2D eigenvalue weighted by atomic mass is 35.5. The second kappa shape index (κ2) is 7.04. The van der Waals surface area contributed by atoms with E-state index in [1.54, 1.807) is 18.2 Å². The maximum Gasteiger partial charge on any atom is 0.174 e. The number of nitrogens with zero attached hydrogens (tertiary/aromatic N) is 1. The summed E-state index contributed by atoms with van der Waals surface area (Å²) in [4.78, 5) is 0. The zero-order valence-electron chi connectivity index (χ0n) is 10.6. The summed E-state index contributed by atoms with van der Waals surface area (Å²) in [6.07, 6.45) is 0. The van der Waals surface area contributed by atoms with Gasteiger partial charge in [0.1, 0.15) is 11.8 Å². The predicted molar refractivity (Wildman–Crippen MR) is 81.3 cm³/mol. The minimum absolute atomic E-state index is 0.0387. The Morgan fingerprint density at radius 1 is 1.15 bits per heavy atom. The molecule has 0 saturated heterocycles. The third kappa shape index (κ3) is 4.06. The van der Waals surface area contributed by atoms with E-state index in [1.807, 2.05) is 30.3 Å². The van der Waals surface area contributed by atoms with Crippen LogP contribution in [0.5, 0.6) is 5.75 Å². The molecule has 0 fully saturated rings. The summed E-state index contributed by atoms with van der Waals surface area (Å²) >= 11 is 12.0. The Morgan fingerprint density at radius 3 is 2.80 bits per heavy atom. The minimum Gasteiger partial charge on any atom is -0.479 e. The fourth-order valence-electron chi connectivity index (χ4n) is 1.69. The van der Waals surface area contributed by atoms with Gasteiger partial charge in [-0.25, -0.2) is 0 Å². The molecule has 0 radical (unpaired) electrons. The van der Waals surface area contributed by atoms with Gasteiger partial charge in [-0.1, -0.05) is 35.3 Å². The Balaban J connectivity index is 2.03. The largest absolute Gasteiger partial charge is 0.479 e. The van der Waals surface area contributed by atoms with Gasteiger partial charge in [-0.15, -0.1) is 0 Å². The van der Waals surface area contributed by atoms with Crippen molar-refractivity contribution < 1.29 is 4.74 Å². The fourth-order valence-corrected chi connectivity index (χ4v) is 2.05. The molecular formula is C15H12Cl2N2O. The second-order valence-electron chi connectivity index (χ2n) is 4.07. The van der Waals surface area contributed by atoms with Crippen molar-refractivity contribution in [2.24, 2.45) is 0 Å². The first-order chi connectivity index (χ1) is 9.69. The molecule has 3 nitrogen and oxygen atoms in total. The van der Waals surface area contributed by atoms with Crippen LogP contribution in [0, 0.1) is 11.3 Å². The van der Waals surface area contributed by atoms with E-state index < -0.39 is 0 Å². The zero-order valence-corrected chi connectivity index (χ0v) is 12.1. The Kier molecular flexibility index (Phi) is 5.11. The fraction of sp³-hybridized carbons (Fsp3) is 0.133. The number of ether oxygens (including phenoxy) is 1. The maximum absolute atomic E-state index is 8.49. The molecule has 102 valence electrons. The molecule has 0 unspecified atom stereocenters. The number of benzene rings is 2. The molecular weight excluding hydrogens is 295 g/mol. The molecule has 0 aliphatic heterocycles. The van der Waals surface area contributed by atoms with Crippen molar-refractivity contribution in [3.8, 4) is 11.8 Å². The molecule has 20 heavy (non-hydrogen) atoms. The van der Waals surface area contributed by atoms with Crippen molar-refractivity contribution in [3.63, 3.8) is 0 Å². The van der Waals surface area contributed by atoms with Crippen LogP contribution >= 0.6 is 23.2 Å². The lowest BCUT2D eigenvalue weighted by Crippen LogP contribution is -2.01. The van der Waals surface area contributed by atoms with E-state index in [0.29, 0.717) is 22.3 Å². The SMILES string of the molecule is N#CCOc1cccc(CNc2cc(Cl)ccc2Cl)c1. The number of hydrogen-bond donors (Lipinski definition) is 1. The molecule has 2 rings (SSSR count). The number of halogens is 2. The zero-order chi connectivity index (χ0) is 14.4. The number of nitrogens with one attached hydrogen (secondary N) is 1. The second-order valence-corrected chi connectivity index (χ2v) is 4.92. The first-order valence-corrected chi connectivity index (χ1v) is 6.72. The van der Waals surface area contributed by atoms with Crippen molar-refractivity contribution >= 4 is 28.9 Å². The van der Waals surface area contributed by atoms with Crippen LogP contribution in [0.15, 0.2) is 42.5 Å². The Bertz CT molecular complexity index is 638. The van der Waals surface area contributed by atoms with Gasteiger partial charge in [-0.2, -0.15) is 5.26 Å². The first kappa shape index (κ1) is 14.5. The first-order valence-electron chi connectivity index (χ1n) is 5.96. The van der Waals surface area contributed by atoms with Crippen LogP contribution in [0.25, 0.3) is 0 Å². The Morgan fingerprint density at radius 2 is 2.00 bits per heavy atom. The van der Waals surface area contributed by atoms with Crippen LogP contribution in [-0.4, -0.2) is 6.61 Å². The molecule has 2 aromatic carbocycles. The Labute approximate surface area is 127 Å². The molecule has 0 amide bonds. The molecule has 2 aromatic rings. The number of rotatable bonds is 5. The maximum atomic E-state index is 8.49. The summed E-state index contributed by atoms with van der Waals surface area (Å²) in [5.41, 5.74) is 1.80. The smallest absolute Gasteiger partial charge is 0.174 e. The minimum atomic E-state index is 0.0387. The lowest BCUT2D eigenvalue weighted by atomic mass is 10.2. The van der Waals surface area contributed by atoms with Crippen LogP contribution < -0.4 is 10.1 Å². The van der Waals surface area contributed by atoms with Crippen LogP contribution in [0.2, 0.25) is 10.0 Å². The van der Waals surface area contributed by atoms with Gasteiger partial charge >= 0.3 is 0 Å². The van der Waals surface area contributed by atoms with Gasteiger partial charge < -0.3 is 10.1 Å². The third-order valence-corrected chi connectivity index (χ3v) is 3.18. The summed E-state index contributed by atoms with van der Waals surface area (Å²) in [6, 6.07) is 14.7. The molecule has 0 aliphatic rings. The highest BCUT2D eigenvalue weighted by Gasteiger charge is 2.02. The van der Waals surface area contributed by atoms with E-state index in [0.717, 1.165) is 11.3 Å². The molecule has 0 bridgehead atoms. The van der Waals surface area contributed by atoms with Crippen molar-refractivity contribution in [3.05, 3.63) is 58.1 Å². The summed E-state index contributed by atoms with van der Waals surface area (Å²) in [6.45, 7) is 0.626. The van der Waals surface area contributed by atoms with Gasteiger partial charge in [0.25, 0.3) is 0 Å². The molecule has 0 heterocycles. The highest BCUT2D eigenvalue weighted by molar-refractivity contribution is 6.35. The van der Waals surface area contributed by atoms with E-state index in [4.69, 9.17) is 33.2 Å². The topological polar surface area (TPSA) is 45.0 Å². The molecule has 0 atom stereocenters. The lowest BCUT2D eigenvalue weighted by molar-refractivity contribution is 0.368. The molecule has 0 spiro atoms. The molecule has 1 N–H and O–H groups in total. The van der Waals surface area contributed by atoms with Gasteiger partial charge in [0.2, 0.25) is 0 Å². The highest BCUT2D eigenvalue weighted by Crippen LogP contribution is 2.26. The van der Waals surface area contributed by atoms with Crippen LogP contribution in [-0.2, 0) is 6.54 Å². The van der Waals surface area contributed by atoms with Crippen molar-refractivity contribution in [2.45, 2.75) is 6.54 Å². The van der Waals surface area contributed by atoms with Crippen LogP contribution in [0.4, 0.5) is 5.69 Å². The monoisotopic (exact) mass is 306 g/mol. The van der Waals surface area contributed by atoms with E-state index in [2.05, 4.69) is 5.32 Å². The average Bonchev–Trinajstić information content (AvgIpc) is 2.46. The van der Waals surface area contributed by atoms with E-state index in [9.17, 15) is 0 Å². The van der Waals surface area contributed by atoms with Crippen molar-refractivity contribution in [1.29, 1.82) is 5.26 Å². The third-order valence-electron chi connectivity index (χ3n) is 2.61. The molecule has 0 aromatic heterocycles. The number of hydrogen-bond acceptors (Lipinski definition) is 3. The summed E-state index contributed by atoms with van der Waals surface area (Å²) in [5, 5.41) is 13.0. The van der Waals surface area contributed by atoms with Gasteiger partial charge in [0.15, 0.2) is 6.61 Å². The van der Waals surface area contributed by atoms with Crippen LogP contribution in [0.1, 0.15) is 5.56 Å². The predicted octanol–water partition coefficient (Wildman–Crippen LogP) is 4.51. The van der Waals surface area contributed by atoms with Gasteiger partial charge in [-0.3, -0.25) is 0 Å². The lowest BCUT2D eigenvalue weighted by Gasteiger charge is -2.10. The van der Waals surface area contributed by atoms with Gasteiger partial charge in [-0.05, 0) is 35.9 Å². The number of nitriles is 1.